The molecule has 0 amide bonds. The van der Waals surface area contributed by atoms with Crippen molar-refractivity contribution < 1.29 is 9.47 Å². The minimum absolute atomic E-state index is 0.548. The monoisotopic (exact) mass is 351 g/mol. The number of guanidine groups is 1. The molecule has 1 atom stereocenters. The Bertz CT molecular complexity index is 605. The molecule has 0 radical (unpaired) electrons. The van der Waals surface area contributed by atoms with Gasteiger partial charge in [-0.1, -0.05) is 6.92 Å². The molecule has 0 aliphatic carbocycles. The molecule has 3 aliphatic rings. The number of halogens is 1. The highest BCUT2D eigenvalue weighted by molar-refractivity contribution is 9.10. The standard InChI is InChI=1S/C15H18BrN3O2/c1-2-10-9-19(15-17-3-4-18(10)15)12-8-14-13(7-11(12)16)20-5-6-21-14/h7-8,10H,2-6,9H2,1H3. The van der Waals surface area contributed by atoms with Gasteiger partial charge in [0.1, 0.15) is 13.2 Å². The number of hydrogen-bond donors (Lipinski definition) is 0. The zero-order chi connectivity index (χ0) is 14.4. The average molecular weight is 352 g/mol. The van der Waals surface area contributed by atoms with E-state index >= 15 is 0 Å². The van der Waals surface area contributed by atoms with E-state index in [1.807, 2.05) is 6.07 Å². The van der Waals surface area contributed by atoms with Crippen molar-refractivity contribution in [2.45, 2.75) is 19.4 Å². The molecule has 0 bridgehead atoms. The number of fused-ring (bicyclic) bond motifs is 2. The Labute approximate surface area is 132 Å². The lowest BCUT2D eigenvalue weighted by Gasteiger charge is -2.24. The van der Waals surface area contributed by atoms with Gasteiger partial charge in [0.2, 0.25) is 5.96 Å². The first-order chi connectivity index (χ1) is 10.3. The zero-order valence-electron chi connectivity index (χ0n) is 12.0. The highest BCUT2D eigenvalue weighted by atomic mass is 79.9. The molecule has 1 aromatic carbocycles. The lowest BCUT2D eigenvalue weighted by Crippen LogP contribution is -2.32. The average Bonchev–Trinajstić information content (AvgIpc) is 3.08. The first-order valence-electron chi connectivity index (χ1n) is 7.45. The highest BCUT2D eigenvalue weighted by Crippen LogP contribution is 2.41. The van der Waals surface area contributed by atoms with Crippen molar-refractivity contribution >= 4 is 27.6 Å². The fourth-order valence-corrected chi connectivity index (χ4v) is 3.78. The smallest absolute Gasteiger partial charge is 0.201 e. The summed E-state index contributed by atoms with van der Waals surface area (Å²) in [7, 11) is 0. The van der Waals surface area contributed by atoms with Gasteiger partial charge in [0.05, 0.1) is 12.2 Å². The van der Waals surface area contributed by atoms with Crippen LogP contribution >= 0.6 is 15.9 Å². The predicted octanol–water partition coefficient (Wildman–Crippen LogP) is 2.49. The van der Waals surface area contributed by atoms with Gasteiger partial charge in [-0.3, -0.25) is 4.99 Å². The van der Waals surface area contributed by atoms with Crippen molar-refractivity contribution in [3.8, 4) is 11.5 Å². The molecule has 0 aromatic heterocycles. The summed E-state index contributed by atoms with van der Waals surface area (Å²) in [6.07, 6.45) is 1.14. The number of benzene rings is 1. The van der Waals surface area contributed by atoms with E-state index in [0.29, 0.717) is 19.3 Å². The van der Waals surface area contributed by atoms with Crippen LogP contribution in [0, 0.1) is 0 Å². The Morgan fingerprint density at radius 1 is 1.29 bits per heavy atom. The third-order valence-corrected chi connectivity index (χ3v) is 4.94. The third kappa shape index (κ3) is 2.08. The zero-order valence-corrected chi connectivity index (χ0v) is 13.6. The van der Waals surface area contributed by atoms with E-state index in [4.69, 9.17) is 9.47 Å². The summed E-state index contributed by atoms with van der Waals surface area (Å²) >= 11 is 3.67. The summed E-state index contributed by atoms with van der Waals surface area (Å²) in [5.74, 6) is 2.73. The van der Waals surface area contributed by atoms with Gasteiger partial charge >= 0.3 is 0 Å². The molecule has 0 N–H and O–H groups in total. The molecule has 0 spiro atoms. The number of rotatable bonds is 2. The Hall–Kier alpha value is -1.43. The molecule has 4 rings (SSSR count). The van der Waals surface area contributed by atoms with E-state index in [1.54, 1.807) is 0 Å². The van der Waals surface area contributed by atoms with Gasteiger partial charge < -0.3 is 19.3 Å². The maximum atomic E-state index is 5.72. The number of hydrogen-bond acceptors (Lipinski definition) is 5. The minimum atomic E-state index is 0.548. The van der Waals surface area contributed by atoms with Crippen molar-refractivity contribution in [2.75, 3.05) is 37.7 Å². The number of anilines is 1. The van der Waals surface area contributed by atoms with Crippen molar-refractivity contribution in [1.29, 1.82) is 0 Å². The molecule has 1 saturated heterocycles. The van der Waals surface area contributed by atoms with Crippen LogP contribution in [0.4, 0.5) is 5.69 Å². The first-order valence-corrected chi connectivity index (χ1v) is 8.25. The molecular weight excluding hydrogens is 334 g/mol. The van der Waals surface area contributed by atoms with Crippen LogP contribution in [0.1, 0.15) is 13.3 Å². The molecule has 1 unspecified atom stereocenters. The van der Waals surface area contributed by atoms with Gasteiger partial charge in [-0.05, 0) is 22.4 Å². The lowest BCUT2D eigenvalue weighted by molar-refractivity contribution is 0.171. The van der Waals surface area contributed by atoms with E-state index in [0.717, 1.165) is 53.7 Å². The second-order valence-corrected chi connectivity index (χ2v) is 6.35. The highest BCUT2D eigenvalue weighted by Gasteiger charge is 2.38. The Morgan fingerprint density at radius 2 is 2.05 bits per heavy atom. The summed E-state index contributed by atoms with van der Waals surface area (Å²) in [5.41, 5.74) is 1.11. The van der Waals surface area contributed by atoms with Crippen LogP contribution in [0.3, 0.4) is 0 Å². The Kier molecular flexibility index (Phi) is 3.21. The van der Waals surface area contributed by atoms with Gasteiger partial charge in [0.25, 0.3) is 0 Å². The number of nitrogens with zero attached hydrogens (tertiary/aromatic N) is 3. The van der Waals surface area contributed by atoms with Crippen molar-refractivity contribution in [2.24, 2.45) is 4.99 Å². The SMILES string of the molecule is CCC1CN(c2cc3c(cc2Br)OCCO3)C2=NCCN21. The molecule has 21 heavy (non-hydrogen) atoms. The van der Waals surface area contributed by atoms with Crippen LogP contribution in [0.15, 0.2) is 21.6 Å². The number of aliphatic imine (C=N–C) groups is 1. The molecular formula is C15H18BrN3O2. The quantitative estimate of drug-likeness (QED) is 0.820. The topological polar surface area (TPSA) is 37.3 Å². The van der Waals surface area contributed by atoms with Crippen LogP contribution in [-0.2, 0) is 0 Å². The molecule has 5 nitrogen and oxygen atoms in total. The van der Waals surface area contributed by atoms with Crippen molar-refractivity contribution in [1.82, 2.24) is 4.90 Å². The van der Waals surface area contributed by atoms with E-state index in [1.165, 1.54) is 0 Å². The largest absolute Gasteiger partial charge is 0.486 e. The molecule has 3 aliphatic heterocycles. The molecule has 6 heteroatoms. The summed E-state index contributed by atoms with van der Waals surface area (Å²) in [5, 5.41) is 0. The van der Waals surface area contributed by atoms with E-state index in [2.05, 4.69) is 43.7 Å². The number of ether oxygens (including phenoxy) is 2. The summed E-state index contributed by atoms with van der Waals surface area (Å²) in [6.45, 7) is 6.37. The van der Waals surface area contributed by atoms with Crippen LogP contribution < -0.4 is 14.4 Å². The molecule has 1 fully saturated rings. The second kappa shape index (κ2) is 5.09. The Morgan fingerprint density at radius 3 is 2.81 bits per heavy atom. The van der Waals surface area contributed by atoms with Crippen LogP contribution in [0.25, 0.3) is 0 Å². The fourth-order valence-electron chi connectivity index (χ4n) is 3.24. The summed E-state index contributed by atoms with van der Waals surface area (Å²) < 4.78 is 12.4. The van der Waals surface area contributed by atoms with Gasteiger partial charge in [-0.2, -0.15) is 0 Å². The summed E-state index contributed by atoms with van der Waals surface area (Å²) in [4.78, 5) is 9.40. The van der Waals surface area contributed by atoms with Crippen LogP contribution in [0.2, 0.25) is 0 Å². The maximum Gasteiger partial charge on any atom is 0.201 e. The minimum Gasteiger partial charge on any atom is -0.486 e. The lowest BCUT2D eigenvalue weighted by atomic mass is 10.2. The molecule has 0 saturated carbocycles. The third-order valence-electron chi connectivity index (χ3n) is 4.30. The van der Waals surface area contributed by atoms with Gasteiger partial charge in [-0.15, -0.1) is 0 Å². The summed E-state index contributed by atoms with van der Waals surface area (Å²) in [6, 6.07) is 4.62. The normalized spacial score (nSPS) is 23.3. The van der Waals surface area contributed by atoms with E-state index in [9.17, 15) is 0 Å². The van der Waals surface area contributed by atoms with E-state index < -0.39 is 0 Å². The van der Waals surface area contributed by atoms with Gasteiger partial charge in [-0.25, -0.2) is 0 Å². The predicted molar refractivity (Wildman–Crippen MR) is 85.6 cm³/mol. The van der Waals surface area contributed by atoms with Crippen LogP contribution in [-0.4, -0.2) is 49.7 Å². The first kappa shape index (κ1) is 13.2. The fraction of sp³-hybridized carbons (Fsp3) is 0.533. The van der Waals surface area contributed by atoms with Crippen molar-refractivity contribution in [3.63, 3.8) is 0 Å². The maximum absolute atomic E-state index is 5.72. The molecule has 112 valence electrons. The van der Waals surface area contributed by atoms with E-state index in [-0.39, 0.29) is 0 Å². The molecule has 3 heterocycles. The molecule has 1 aromatic rings. The van der Waals surface area contributed by atoms with Crippen LogP contribution in [0.5, 0.6) is 11.5 Å². The second-order valence-electron chi connectivity index (χ2n) is 5.50. The van der Waals surface area contributed by atoms with Crippen molar-refractivity contribution in [3.05, 3.63) is 16.6 Å². The van der Waals surface area contributed by atoms with Gasteiger partial charge in [0.15, 0.2) is 11.5 Å². The van der Waals surface area contributed by atoms with Gasteiger partial charge in [0, 0.05) is 35.7 Å². The Balaban J connectivity index is 1.73.